The molecule has 4 rings (SSSR count). The Labute approximate surface area is 183 Å². The van der Waals surface area contributed by atoms with Gasteiger partial charge in [-0.3, -0.25) is 14.4 Å². The van der Waals surface area contributed by atoms with Crippen LogP contribution in [0, 0.1) is 0 Å². The minimum atomic E-state index is -1.23. The van der Waals surface area contributed by atoms with Crippen LogP contribution in [0.2, 0.25) is 0 Å². The molecule has 0 spiro atoms. The Hall–Kier alpha value is -3.33. The monoisotopic (exact) mass is 438 g/mol. The number of benzene rings is 2. The average molecular weight is 438 g/mol. The summed E-state index contributed by atoms with van der Waals surface area (Å²) in [5.74, 6) is -2.39. The van der Waals surface area contributed by atoms with Crippen LogP contribution in [-0.2, 0) is 14.4 Å². The molecular weight excluding hydrogens is 418 g/mol. The number of nitrogens with one attached hydrogen (secondary N) is 1. The van der Waals surface area contributed by atoms with Crippen LogP contribution in [0.25, 0.3) is 11.1 Å². The molecule has 2 aliphatic rings. The molecule has 9 heteroatoms. The fourth-order valence-corrected chi connectivity index (χ4v) is 4.43. The minimum absolute atomic E-state index is 0.0169. The summed E-state index contributed by atoms with van der Waals surface area (Å²) in [6, 6.07) is 14.2. The van der Waals surface area contributed by atoms with Gasteiger partial charge < -0.3 is 25.0 Å². The molecule has 0 aromatic heterocycles. The molecule has 2 aromatic carbocycles. The first-order valence-electron chi connectivity index (χ1n) is 9.80. The van der Waals surface area contributed by atoms with Gasteiger partial charge in [0, 0.05) is 18.8 Å². The van der Waals surface area contributed by atoms with Crippen molar-refractivity contribution in [3.8, 4) is 11.1 Å². The zero-order valence-electron chi connectivity index (χ0n) is 16.6. The van der Waals surface area contributed by atoms with Crippen molar-refractivity contribution >= 4 is 41.1 Å². The maximum absolute atomic E-state index is 13.3. The lowest BCUT2D eigenvalue weighted by molar-refractivity contribution is -0.301. The van der Waals surface area contributed by atoms with Crippen LogP contribution in [0.15, 0.2) is 48.5 Å². The van der Waals surface area contributed by atoms with Gasteiger partial charge in [0.1, 0.15) is 6.04 Å². The Kier molecular flexibility index (Phi) is 5.94. The van der Waals surface area contributed by atoms with Crippen LogP contribution in [0.4, 0.5) is 5.69 Å². The van der Waals surface area contributed by atoms with E-state index in [0.717, 1.165) is 22.9 Å². The third kappa shape index (κ3) is 4.41. The number of carbonyl (C=O) groups is 4. The van der Waals surface area contributed by atoms with Gasteiger partial charge >= 0.3 is 0 Å². The van der Waals surface area contributed by atoms with E-state index in [9.17, 15) is 24.3 Å². The third-order valence-electron chi connectivity index (χ3n) is 5.36. The molecule has 2 aromatic rings. The van der Waals surface area contributed by atoms with Crippen molar-refractivity contribution in [3.05, 3.63) is 54.1 Å². The smallest absolute Gasteiger partial charge is 0.256 e. The first-order valence-corrected chi connectivity index (χ1v) is 11.0. The van der Waals surface area contributed by atoms with E-state index in [1.807, 2.05) is 36.4 Å². The molecule has 3 amide bonds. The Bertz CT molecular complexity index is 1040. The number of hydrogen-bond donors (Lipinski definition) is 1. The van der Waals surface area contributed by atoms with Gasteiger partial charge in [-0.1, -0.05) is 36.4 Å². The van der Waals surface area contributed by atoms with Gasteiger partial charge in [-0.15, -0.1) is 11.8 Å². The zero-order chi connectivity index (χ0) is 22.0. The lowest BCUT2D eigenvalue weighted by atomic mass is 10.0. The van der Waals surface area contributed by atoms with Crippen LogP contribution in [-0.4, -0.2) is 70.7 Å². The van der Waals surface area contributed by atoms with E-state index in [2.05, 4.69) is 5.32 Å². The van der Waals surface area contributed by atoms with E-state index in [1.165, 1.54) is 9.80 Å². The molecule has 0 bridgehead atoms. The number of carboxylic acid groups (broad SMARTS) is 1. The molecule has 1 N–H and O–H groups in total. The van der Waals surface area contributed by atoms with Crippen LogP contribution in [0.5, 0.6) is 0 Å². The van der Waals surface area contributed by atoms with Gasteiger partial charge in [-0.25, -0.2) is 0 Å². The number of amides is 3. The van der Waals surface area contributed by atoms with E-state index in [-0.39, 0.29) is 48.9 Å². The van der Waals surface area contributed by atoms with E-state index in [4.69, 9.17) is 0 Å². The molecule has 2 aliphatic heterocycles. The molecule has 0 unspecified atom stereocenters. The highest BCUT2D eigenvalue weighted by molar-refractivity contribution is 8.00. The van der Waals surface area contributed by atoms with E-state index in [0.29, 0.717) is 11.3 Å². The summed E-state index contributed by atoms with van der Waals surface area (Å²) in [5.41, 5.74) is 2.71. The van der Waals surface area contributed by atoms with E-state index >= 15 is 0 Å². The predicted octanol–water partition coefficient (Wildman–Crippen LogP) is 0.442. The summed E-state index contributed by atoms with van der Waals surface area (Å²) >= 11 is 0.953. The third-order valence-corrected chi connectivity index (χ3v) is 6.25. The number of fused-ring (bicyclic) bond motifs is 2. The summed E-state index contributed by atoms with van der Waals surface area (Å²) in [4.78, 5) is 52.1. The molecule has 1 atom stereocenters. The molecular formula is C22H20N3O5S-. The lowest BCUT2D eigenvalue weighted by Crippen LogP contribution is -2.59. The number of carboxylic acids is 1. The highest BCUT2D eigenvalue weighted by Gasteiger charge is 2.40. The second-order valence-corrected chi connectivity index (χ2v) is 8.32. The molecule has 0 radical (unpaired) electrons. The lowest BCUT2D eigenvalue weighted by Gasteiger charge is -2.39. The number of rotatable bonds is 5. The zero-order valence-corrected chi connectivity index (χ0v) is 17.4. The standard InChI is InChI=1S/C22H21N3O5S/c26-19(12-31-13-20(27)28)24-8-9-25-18(11-24)21(29)23-17-7-6-15(10-16(17)22(25)30)14-4-2-1-3-5-14/h1-7,10,18H,8-9,11-13H2,(H,23,29)(H,27,28)/p-1/t18-/m0/s1. The van der Waals surface area contributed by atoms with Gasteiger partial charge in [0.2, 0.25) is 11.8 Å². The Morgan fingerprint density at radius 3 is 2.55 bits per heavy atom. The van der Waals surface area contributed by atoms with Crippen LogP contribution >= 0.6 is 11.8 Å². The summed E-state index contributed by atoms with van der Waals surface area (Å²) in [6.45, 7) is 0.582. The summed E-state index contributed by atoms with van der Waals surface area (Å²) in [7, 11) is 0. The van der Waals surface area contributed by atoms with Crippen molar-refractivity contribution in [2.45, 2.75) is 6.04 Å². The quantitative estimate of drug-likeness (QED) is 0.726. The number of anilines is 1. The molecule has 8 nitrogen and oxygen atoms in total. The Morgan fingerprint density at radius 2 is 1.81 bits per heavy atom. The maximum Gasteiger partial charge on any atom is 0.256 e. The largest absolute Gasteiger partial charge is 0.549 e. The highest BCUT2D eigenvalue weighted by atomic mass is 32.2. The van der Waals surface area contributed by atoms with Crippen molar-refractivity contribution in [1.82, 2.24) is 9.80 Å². The van der Waals surface area contributed by atoms with Crippen molar-refractivity contribution in [2.24, 2.45) is 0 Å². The molecule has 1 saturated heterocycles. The molecule has 160 valence electrons. The molecule has 31 heavy (non-hydrogen) atoms. The highest BCUT2D eigenvalue weighted by Crippen LogP contribution is 2.30. The molecule has 1 fully saturated rings. The number of hydrogen-bond acceptors (Lipinski definition) is 6. The van der Waals surface area contributed by atoms with Crippen molar-refractivity contribution < 1.29 is 24.3 Å². The van der Waals surface area contributed by atoms with E-state index < -0.39 is 12.0 Å². The van der Waals surface area contributed by atoms with Gasteiger partial charge in [-0.05, 0) is 23.3 Å². The molecule has 0 saturated carbocycles. The van der Waals surface area contributed by atoms with Gasteiger partial charge in [0.05, 0.1) is 29.5 Å². The number of nitrogens with zero attached hydrogens (tertiary/aromatic N) is 2. The van der Waals surface area contributed by atoms with Crippen molar-refractivity contribution in [3.63, 3.8) is 0 Å². The van der Waals surface area contributed by atoms with Gasteiger partial charge in [0.25, 0.3) is 5.91 Å². The van der Waals surface area contributed by atoms with Crippen molar-refractivity contribution in [2.75, 3.05) is 36.5 Å². The minimum Gasteiger partial charge on any atom is -0.549 e. The fourth-order valence-electron chi connectivity index (χ4n) is 3.80. The topological polar surface area (TPSA) is 110 Å². The normalized spacial score (nSPS) is 18.0. The average Bonchev–Trinajstić information content (AvgIpc) is 2.88. The summed E-state index contributed by atoms with van der Waals surface area (Å²) in [5, 5.41) is 13.3. The second-order valence-electron chi connectivity index (χ2n) is 7.33. The maximum atomic E-state index is 13.3. The number of thioether (sulfide) groups is 1. The summed E-state index contributed by atoms with van der Waals surface area (Å²) in [6.07, 6.45) is 0. The summed E-state index contributed by atoms with van der Waals surface area (Å²) < 4.78 is 0. The Balaban J connectivity index is 1.53. The predicted molar refractivity (Wildman–Crippen MR) is 114 cm³/mol. The van der Waals surface area contributed by atoms with E-state index in [1.54, 1.807) is 12.1 Å². The van der Waals surface area contributed by atoms with Crippen molar-refractivity contribution in [1.29, 1.82) is 0 Å². The SMILES string of the molecule is O=C([O-])CSCC(=O)N1CCN2C(=O)c3cc(-c4ccccc4)ccc3NC(=O)[C@@H]2C1. The molecule has 2 heterocycles. The Morgan fingerprint density at radius 1 is 1.03 bits per heavy atom. The second kappa shape index (κ2) is 8.81. The molecule has 0 aliphatic carbocycles. The number of piperazine rings is 1. The number of carbonyl (C=O) groups excluding carboxylic acids is 4. The van der Waals surface area contributed by atoms with Gasteiger partial charge in [0.15, 0.2) is 0 Å². The van der Waals surface area contributed by atoms with Gasteiger partial charge in [-0.2, -0.15) is 0 Å². The van der Waals surface area contributed by atoms with Crippen LogP contribution < -0.4 is 10.4 Å². The number of aliphatic carboxylic acids is 1. The fraction of sp³-hybridized carbons (Fsp3) is 0.273. The van der Waals surface area contributed by atoms with Crippen LogP contribution in [0.1, 0.15) is 10.4 Å². The van der Waals surface area contributed by atoms with Crippen LogP contribution in [0.3, 0.4) is 0 Å². The first kappa shape index (κ1) is 20.9. The first-order chi connectivity index (χ1) is 14.9.